The molecule has 3 rings (SSSR count). The number of benzene rings is 2. The number of anilines is 1. The molecule has 1 atom stereocenters. The van der Waals surface area contributed by atoms with Gasteiger partial charge in [0.2, 0.25) is 0 Å². The van der Waals surface area contributed by atoms with Crippen molar-refractivity contribution in [1.82, 2.24) is 15.4 Å². The summed E-state index contributed by atoms with van der Waals surface area (Å²) in [6, 6.07) is 9.49. The molecule has 0 spiro atoms. The number of aliphatic hydroxyl groups is 1. The smallest absolute Gasteiger partial charge is 0.412 e. The van der Waals surface area contributed by atoms with Gasteiger partial charge in [0.25, 0.3) is 0 Å². The van der Waals surface area contributed by atoms with Crippen molar-refractivity contribution < 1.29 is 37.1 Å². The minimum absolute atomic E-state index is 0.0122. The highest BCUT2D eigenvalue weighted by Crippen LogP contribution is 2.23. The SMILES string of the molecule is CN(C(=O)NCc1cccc(F)c1F)[C@@H](CCCCO)COC(=O)Nc1cc(-c2ccc(F)cc2)on1. The second-order valence-corrected chi connectivity index (χ2v) is 8.16. The maximum Gasteiger partial charge on any atom is 0.412 e. The molecule has 2 aromatic carbocycles. The highest BCUT2D eigenvalue weighted by Gasteiger charge is 2.22. The first-order valence-electron chi connectivity index (χ1n) is 11.5. The van der Waals surface area contributed by atoms with Gasteiger partial charge in [0.05, 0.1) is 6.04 Å². The first kappa shape index (κ1) is 27.5. The van der Waals surface area contributed by atoms with Crippen LogP contribution in [0.2, 0.25) is 0 Å². The third-order valence-electron chi connectivity index (χ3n) is 5.55. The lowest BCUT2D eigenvalue weighted by Crippen LogP contribution is -2.46. The Hall–Kier alpha value is -4.06. The van der Waals surface area contributed by atoms with E-state index in [2.05, 4.69) is 15.8 Å². The topological polar surface area (TPSA) is 117 Å². The summed E-state index contributed by atoms with van der Waals surface area (Å²) in [5.41, 5.74) is 0.548. The van der Waals surface area contributed by atoms with E-state index in [0.717, 1.165) is 6.07 Å². The van der Waals surface area contributed by atoms with Gasteiger partial charge in [0.1, 0.15) is 12.4 Å². The van der Waals surface area contributed by atoms with Crippen LogP contribution in [0.15, 0.2) is 53.1 Å². The fourth-order valence-corrected chi connectivity index (χ4v) is 3.42. The number of amides is 3. The van der Waals surface area contributed by atoms with E-state index in [1.165, 1.54) is 54.4 Å². The quantitative estimate of drug-likeness (QED) is 0.316. The third-order valence-corrected chi connectivity index (χ3v) is 5.55. The number of nitrogens with one attached hydrogen (secondary N) is 2. The molecule has 0 saturated carbocycles. The zero-order valence-corrected chi connectivity index (χ0v) is 20.0. The van der Waals surface area contributed by atoms with Gasteiger partial charge in [-0.25, -0.2) is 22.8 Å². The maximum atomic E-state index is 13.9. The molecule has 0 aliphatic heterocycles. The summed E-state index contributed by atoms with van der Waals surface area (Å²) < 4.78 is 50.8. The summed E-state index contributed by atoms with van der Waals surface area (Å²) in [6.45, 7) is -0.455. The van der Waals surface area contributed by atoms with Crippen molar-refractivity contribution in [2.45, 2.75) is 31.8 Å². The molecule has 0 aliphatic rings. The second-order valence-electron chi connectivity index (χ2n) is 8.16. The highest BCUT2D eigenvalue weighted by atomic mass is 19.2. The van der Waals surface area contributed by atoms with Crippen LogP contribution in [0.25, 0.3) is 11.3 Å². The molecule has 0 radical (unpaired) electrons. The highest BCUT2D eigenvalue weighted by molar-refractivity contribution is 5.84. The van der Waals surface area contributed by atoms with Crippen LogP contribution >= 0.6 is 0 Å². The molecular formula is C25H27F3N4O5. The molecule has 12 heteroatoms. The summed E-state index contributed by atoms with van der Waals surface area (Å²) >= 11 is 0. The third kappa shape index (κ3) is 7.97. The molecule has 9 nitrogen and oxygen atoms in total. The van der Waals surface area contributed by atoms with Gasteiger partial charge in [-0.2, -0.15) is 0 Å². The number of ether oxygens (including phenoxy) is 1. The van der Waals surface area contributed by atoms with Crippen LogP contribution in [0.5, 0.6) is 0 Å². The number of hydrogen-bond donors (Lipinski definition) is 3. The molecule has 0 unspecified atom stereocenters. The summed E-state index contributed by atoms with van der Waals surface area (Å²) in [7, 11) is 1.48. The number of urea groups is 1. The predicted octanol–water partition coefficient (Wildman–Crippen LogP) is 4.68. The number of aliphatic hydroxyl groups excluding tert-OH is 1. The lowest BCUT2D eigenvalue weighted by atomic mass is 10.1. The van der Waals surface area contributed by atoms with Gasteiger partial charge in [0, 0.05) is 37.4 Å². The average molecular weight is 521 g/mol. The fourth-order valence-electron chi connectivity index (χ4n) is 3.42. The largest absolute Gasteiger partial charge is 0.447 e. The normalized spacial score (nSPS) is 11.6. The van der Waals surface area contributed by atoms with Crippen LogP contribution in [0.3, 0.4) is 0 Å². The van der Waals surface area contributed by atoms with Crippen LogP contribution in [0.4, 0.5) is 28.6 Å². The Morgan fingerprint density at radius 3 is 2.62 bits per heavy atom. The molecule has 0 saturated heterocycles. The minimum atomic E-state index is -1.04. The van der Waals surface area contributed by atoms with Gasteiger partial charge < -0.3 is 24.6 Å². The van der Waals surface area contributed by atoms with Gasteiger partial charge in [-0.3, -0.25) is 5.32 Å². The van der Waals surface area contributed by atoms with E-state index in [-0.39, 0.29) is 31.1 Å². The summed E-state index contributed by atoms with van der Waals surface area (Å²) in [4.78, 5) is 26.2. The molecule has 3 aromatic rings. The van der Waals surface area contributed by atoms with Crippen molar-refractivity contribution in [2.24, 2.45) is 0 Å². The monoisotopic (exact) mass is 520 g/mol. The molecule has 198 valence electrons. The van der Waals surface area contributed by atoms with Gasteiger partial charge in [-0.1, -0.05) is 17.3 Å². The van der Waals surface area contributed by atoms with Gasteiger partial charge in [-0.15, -0.1) is 0 Å². The number of rotatable bonds is 11. The van der Waals surface area contributed by atoms with Gasteiger partial charge >= 0.3 is 12.1 Å². The Balaban J connectivity index is 1.55. The van der Waals surface area contributed by atoms with Gasteiger partial charge in [-0.05, 0) is 49.6 Å². The second kappa shape index (κ2) is 13.3. The number of halogens is 3. The van der Waals surface area contributed by atoms with Crippen LogP contribution in [0.1, 0.15) is 24.8 Å². The summed E-state index contributed by atoms with van der Waals surface area (Å²) in [5.74, 6) is -2.08. The molecule has 0 aliphatic carbocycles. The zero-order chi connectivity index (χ0) is 26.8. The van der Waals surface area contributed by atoms with Crippen LogP contribution in [0, 0.1) is 17.5 Å². The molecule has 1 heterocycles. The van der Waals surface area contributed by atoms with E-state index >= 15 is 0 Å². The lowest BCUT2D eigenvalue weighted by molar-refractivity contribution is 0.112. The minimum Gasteiger partial charge on any atom is -0.447 e. The van der Waals surface area contributed by atoms with Crippen LogP contribution < -0.4 is 10.6 Å². The Labute approximate surface area is 211 Å². The first-order chi connectivity index (χ1) is 17.8. The van der Waals surface area contributed by atoms with E-state index in [1.54, 1.807) is 0 Å². The van der Waals surface area contributed by atoms with Crippen molar-refractivity contribution in [2.75, 3.05) is 25.6 Å². The van der Waals surface area contributed by atoms with Crippen LogP contribution in [-0.4, -0.2) is 53.6 Å². The molecule has 3 N–H and O–H groups in total. The number of carbonyl (C=O) groups is 2. The number of unbranched alkanes of at least 4 members (excludes halogenated alkanes) is 1. The Bertz CT molecular complexity index is 1190. The molecule has 1 aromatic heterocycles. The van der Waals surface area contributed by atoms with Crippen molar-refractivity contribution in [1.29, 1.82) is 0 Å². The average Bonchev–Trinajstić information content (AvgIpc) is 3.35. The van der Waals surface area contributed by atoms with E-state index in [9.17, 15) is 22.8 Å². The van der Waals surface area contributed by atoms with Crippen molar-refractivity contribution in [3.8, 4) is 11.3 Å². The molecule has 37 heavy (non-hydrogen) atoms. The van der Waals surface area contributed by atoms with E-state index in [0.29, 0.717) is 30.6 Å². The van der Waals surface area contributed by atoms with E-state index in [1.807, 2.05) is 0 Å². The van der Waals surface area contributed by atoms with Crippen LogP contribution in [-0.2, 0) is 11.3 Å². The standard InChI is InChI=1S/C25H27F3N4O5/c1-32(24(34)29-14-17-5-4-7-20(27)23(17)28)19(6-2-3-12-33)15-36-25(35)30-22-13-21(37-31-22)16-8-10-18(26)11-9-16/h4-5,7-11,13,19,33H,2-3,6,12,14-15H2,1H3,(H,29,34)(H,30,31,35)/t19-/m0/s1. The number of aromatic nitrogens is 1. The Kier molecular flexibility index (Phi) is 9.90. The molecule has 3 amide bonds. The Morgan fingerprint density at radius 2 is 1.89 bits per heavy atom. The number of hydrogen-bond acceptors (Lipinski definition) is 6. The fraction of sp³-hybridized carbons (Fsp3) is 0.320. The predicted molar refractivity (Wildman–Crippen MR) is 128 cm³/mol. The van der Waals surface area contributed by atoms with Crippen molar-refractivity contribution in [3.63, 3.8) is 0 Å². The molecule has 0 fully saturated rings. The van der Waals surface area contributed by atoms with Crippen molar-refractivity contribution >= 4 is 17.9 Å². The summed E-state index contributed by atoms with van der Waals surface area (Å²) in [5, 5.41) is 17.7. The van der Waals surface area contributed by atoms with E-state index in [4.69, 9.17) is 14.4 Å². The zero-order valence-electron chi connectivity index (χ0n) is 20.0. The molecular weight excluding hydrogens is 493 g/mol. The van der Waals surface area contributed by atoms with E-state index < -0.39 is 35.6 Å². The first-order valence-corrected chi connectivity index (χ1v) is 11.5. The lowest BCUT2D eigenvalue weighted by Gasteiger charge is -2.28. The number of carbonyl (C=O) groups excluding carboxylic acids is 2. The Morgan fingerprint density at radius 1 is 1.14 bits per heavy atom. The molecule has 0 bridgehead atoms. The number of nitrogens with zero attached hydrogens (tertiary/aromatic N) is 2. The summed E-state index contributed by atoms with van der Waals surface area (Å²) in [6.07, 6.45) is 0.594. The van der Waals surface area contributed by atoms with Gasteiger partial charge in [0.15, 0.2) is 23.2 Å². The number of likely N-dealkylation sites (N-methyl/N-ethyl adjacent to an activating group) is 1. The maximum absolute atomic E-state index is 13.9. The van der Waals surface area contributed by atoms with Crippen molar-refractivity contribution in [3.05, 3.63) is 71.5 Å².